The molecule has 304 valence electrons. The van der Waals surface area contributed by atoms with E-state index in [4.69, 9.17) is 10.2 Å². The summed E-state index contributed by atoms with van der Waals surface area (Å²) in [6.07, 6.45) is -3.20. The van der Waals surface area contributed by atoms with Gasteiger partial charge in [0.2, 0.25) is 23.6 Å². The molecule has 0 spiro atoms. The Morgan fingerprint density at radius 3 is 1.78 bits per heavy atom. The average Bonchev–Trinajstić information content (AvgIpc) is 3.09. The summed E-state index contributed by atoms with van der Waals surface area (Å²) in [4.78, 5) is 122. The second-order valence-corrected chi connectivity index (χ2v) is 12.6. The molecule has 0 fully saturated rings. The fourth-order valence-electron chi connectivity index (χ4n) is 4.93. The van der Waals surface area contributed by atoms with Gasteiger partial charge in [0.25, 0.3) is 0 Å². The van der Waals surface area contributed by atoms with Gasteiger partial charge in [0.1, 0.15) is 30.2 Å². The van der Waals surface area contributed by atoms with Gasteiger partial charge in [-0.05, 0) is 37.3 Å². The third-order valence-electron chi connectivity index (χ3n) is 8.02. The normalized spacial score (nSPS) is 13.4. The number of nitrogens with zero attached hydrogens (tertiary/aromatic N) is 1. The van der Waals surface area contributed by atoms with E-state index in [1.165, 1.54) is 7.05 Å². The summed E-state index contributed by atoms with van der Waals surface area (Å²) < 4.78 is 0. The summed E-state index contributed by atoms with van der Waals surface area (Å²) in [5, 5.41) is 57.4. The van der Waals surface area contributed by atoms with E-state index in [0.29, 0.717) is 5.56 Å². The van der Waals surface area contributed by atoms with Gasteiger partial charge < -0.3 is 57.0 Å². The Morgan fingerprint density at radius 2 is 1.27 bits per heavy atom. The average molecular weight is 799 g/mol. The predicted molar refractivity (Wildman–Crippen MR) is 192 cm³/mol. The summed E-state index contributed by atoms with van der Waals surface area (Å²) in [5.74, 6) is -10.7. The summed E-state index contributed by atoms with van der Waals surface area (Å²) in [5.41, 5.74) is 1.39. The predicted octanol–water partition coefficient (Wildman–Crippen LogP) is -1.43. The van der Waals surface area contributed by atoms with Crippen LogP contribution in [0.1, 0.15) is 56.1 Å². The first-order chi connectivity index (χ1) is 25.8. The molecule has 0 saturated carbocycles. The van der Waals surface area contributed by atoms with Crippen LogP contribution in [0.15, 0.2) is 24.3 Å². The van der Waals surface area contributed by atoms with Crippen LogP contribution in [0.2, 0.25) is 0 Å². The number of nitrogens with one attached hydrogen (secondary N) is 5. The molecule has 5 atom stereocenters. The van der Waals surface area contributed by atoms with Gasteiger partial charge in [-0.3, -0.25) is 28.8 Å². The lowest BCUT2D eigenvalue weighted by molar-refractivity contribution is -0.149. The Labute approximate surface area is 320 Å². The zero-order valence-electron chi connectivity index (χ0n) is 30.0. The fraction of sp³-hybridized carbons (Fsp3) is 0.515. The lowest BCUT2D eigenvalue weighted by Gasteiger charge is -2.29. The lowest BCUT2D eigenvalue weighted by atomic mass is 9.99. The molecule has 0 aliphatic heterocycles. The Morgan fingerprint density at radius 1 is 0.691 bits per heavy atom. The number of carboxylic acids is 5. The van der Waals surface area contributed by atoms with Gasteiger partial charge in [0, 0.05) is 45.0 Å². The van der Waals surface area contributed by atoms with Crippen molar-refractivity contribution in [3.63, 3.8) is 0 Å². The monoisotopic (exact) mass is 798 g/mol. The van der Waals surface area contributed by atoms with Crippen molar-refractivity contribution in [1.82, 2.24) is 31.5 Å². The van der Waals surface area contributed by atoms with Gasteiger partial charge in [-0.15, -0.1) is 0 Å². The number of likely N-dealkylation sites (N-methyl/N-ethyl adjacent to an activating group) is 1. The highest BCUT2D eigenvalue weighted by Gasteiger charge is 2.34. The van der Waals surface area contributed by atoms with E-state index in [9.17, 15) is 63.3 Å². The minimum absolute atomic E-state index is 0.0194. The van der Waals surface area contributed by atoms with Gasteiger partial charge >= 0.3 is 35.9 Å². The molecular weight excluding hydrogens is 752 g/mol. The van der Waals surface area contributed by atoms with Crippen molar-refractivity contribution in [2.75, 3.05) is 19.3 Å². The van der Waals surface area contributed by atoms with E-state index in [0.717, 1.165) is 10.5 Å². The fourth-order valence-corrected chi connectivity index (χ4v) is 5.33. The van der Waals surface area contributed by atoms with Crippen LogP contribution in [0, 0.1) is 6.92 Å². The van der Waals surface area contributed by atoms with Crippen LogP contribution >= 0.6 is 12.6 Å². The molecule has 10 N–H and O–H groups in total. The smallest absolute Gasteiger partial charge is 0.327 e. The van der Waals surface area contributed by atoms with Crippen molar-refractivity contribution in [2.24, 2.45) is 0 Å². The number of thiol groups is 1. The molecule has 0 heterocycles. The number of aryl methyl sites for hydroxylation is 1. The number of amides is 6. The van der Waals surface area contributed by atoms with E-state index in [1.807, 2.05) is 10.6 Å². The van der Waals surface area contributed by atoms with E-state index < -0.39 is 122 Å². The molecule has 0 aliphatic carbocycles. The SMILES string of the molecule is Cc1ccccc1C[C@H](NC(=O)[C@H](CC(=O)O)NC(=O)CCCNC(=O)CC[C@H](NC(=O)N[C@@H](CCC(=O)O)C(=O)O)C(=O)O)C(=O)N(C)[C@@H](CS)C(=O)O. The summed E-state index contributed by atoms with van der Waals surface area (Å²) in [7, 11) is 1.22. The molecule has 0 radical (unpaired) electrons. The van der Waals surface area contributed by atoms with Crippen LogP contribution in [0.4, 0.5) is 4.79 Å². The maximum atomic E-state index is 13.5. The second-order valence-electron chi connectivity index (χ2n) is 12.2. The number of aliphatic carboxylic acids is 5. The van der Waals surface area contributed by atoms with Gasteiger partial charge in [0.15, 0.2) is 0 Å². The van der Waals surface area contributed by atoms with Crippen molar-refractivity contribution in [1.29, 1.82) is 0 Å². The van der Waals surface area contributed by atoms with Gasteiger partial charge in [-0.25, -0.2) is 19.2 Å². The molecule has 1 rings (SSSR count). The minimum Gasteiger partial charge on any atom is -0.481 e. The summed E-state index contributed by atoms with van der Waals surface area (Å²) >= 11 is 3.99. The molecule has 0 saturated heterocycles. The van der Waals surface area contributed by atoms with Crippen molar-refractivity contribution < 1.29 is 73.5 Å². The van der Waals surface area contributed by atoms with Crippen molar-refractivity contribution in [3.05, 3.63) is 35.4 Å². The third-order valence-corrected chi connectivity index (χ3v) is 8.37. The highest BCUT2D eigenvalue weighted by Crippen LogP contribution is 2.13. The molecule has 6 amide bonds. The summed E-state index contributed by atoms with van der Waals surface area (Å²) in [6, 6.07) is -1.93. The third kappa shape index (κ3) is 17.6. The molecule has 1 aromatic carbocycles. The first kappa shape index (κ1) is 47.1. The number of carbonyl (C=O) groups excluding carboxylic acids is 5. The maximum Gasteiger partial charge on any atom is 0.327 e. The van der Waals surface area contributed by atoms with Crippen LogP contribution in [0.3, 0.4) is 0 Å². The number of benzene rings is 1. The number of rotatable bonds is 25. The molecule has 21 nitrogen and oxygen atoms in total. The van der Waals surface area contributed by atoms with Crippen molar-refractivity contribution in [3.8, 4) is 0 Å². The van der Waals surface area contributed by atoms with E-state index >= 15 is 0 Å². The second kappa shape index (κ2) is 23.7. The first-order valence-electron chi connectivity index (χ1n) is 16.7. The number of hydrogen-bond donors (Lipinski definition) is 11. The zero-order valence-corrected chi connectivity index (χ0v) is 30.9. The topological polar surface area (TPSA) is 335 Å². The first-order valence-corrected chi connectivity index (χ1v) is 17.4. The Balaban J connectivity index is 2.81. The molecule has 0 bridgehead atoms. The Hall–Kier alpha value is -5.93. The molecule has 0 aromatic heterocycles. The van der Waals surface area contributed by atoms with Gasteiger partial charge in [0.05, 0.1) is 6.42 Å². The van der Waals surface area contributed by atoms with Crippen molar-refractivity contribution >= 4 is 72.1 Å². The Bertz CT molecular complexity index is 1590. The maximum absolute atomic E-state index is 13.5. The van der Waals surface area contributed by atoms with Gasteiger partial charge in [-0.1, -0.05) is 24.3 Å². The molecule has 0 unspecified atom stereocenters. The standard InChI is InChI=1S/C33H46N6O15S/c1-17-6-3-4-7-18(17)14-22(29(47)39(2)23(16-55)32(52)53)36-28(46)21(15-27(44)45)35-25(41)8-5-13-34-24(40)11-9-19(30(48)49)37-33(54)38-20(31(50)51)10-12-26(42)43/h3-4,6-7,19-23,55H,5,8-16H2,1-2H3,(H,34,40)(H,35,41)(H,36,46)(H,42,43)(H,44,45)(H,48,49)(H,50,51)(H,52,53)(H2,37,38,54)/t19-,20-,21-,22-,23-/m0/s1. The molecular formula is C33H46N6O15S. The van der Waals surface area contributed by atoms with E-state index in [1.54, 1.807) is 31.2 Å². The number of carboxylic acid groups (broad SMARTS) is 5. The van der Waals surface area contributed by atoms with Crippen LogP contribution < -0.4 is 26.6 Å². The summed E-state index contributed by atoms with van der Waals surface area (Å²) in [6.45, 7) is 1.64. The van der Waals surface area contributed by atoms with Crippen LogP contribution in [0.5, 0.6) is 0 Å². The van der Waals surface area contributed by atoms with Crippen LogP contribution in [-0.2, 0) is 49.6 Å². The van der Waals surface area contributed by atoms with E-state index in [2.05, 4.69) is 28.6 Å². The molecule has 0 aliphatic rings. The minimum atomic E-state index is -1.65. The van der Waals surface area contributed by atoms with Gasteiger partial charge in [-0.2, -0.15) is 12.6 Å². The lowest BCUT2D eigenvalue weighted by Crippen LogP contribution is -2.57. The Kier molecular flexibility index (Phi) is 20.3. The number of urea groups is 1. The van der Waals surface area contributed by atoms with Crippen LogP contribution in [0.25, 0.3) is 0 Å². The molecule has 55 heavy (non-hydrogen) atoms. The molecule has 22 heteroatoms. The largest absolute Gasteiger partial charge is 0.481 e. The van der Waals surface area contributed by atoms with Crippen LogP contribution in [-0.4, -0.2) is 139 Å². The quantitative estimate of drug-likeness (QED) is 0.0399. The molecule has 1 aromatic rings. The van der Waals surface area contributed by atoms with Crippen molar-refractivity contribution in [2.45, 2.75) is 88.5 Å². The number of carbonyl (C=O) groups is 10. The highest BCUT2D eigenvalue weighted by atomic mass is 32.1. The highest BCUT2D eigenvalue weighted by molar-refractivity contribution is 7.80. The van der Waals surface area contributed by atoms with E-state index in [-0.39, 0.29) is 31.6 Å². The number of hydrogen-bond acceptors (Lipinski definition) is 11. The zero-order chi connectivity index (χ0) is 41.8.